The van der Waals surface area contributed by atoms with Crippen molar-refractivity contribution in [1.82, 2.24) is 24.8 Å². The summed E-state index contributed by atoms with van der Waals surface area (Å²) in [6.07, 6.45) is 5.38. The zero-order valence-electron chi connectivity index (χ0n) is 18.9. The van der Waals surface area contributed by atoms with Crippen LogP contribution >= 0.6 is 11.6 Å². The Kier molecular flexibility index (Phi) is 5.90. The van der Waals surface area contributed by atoms with Gasteiger partial charge in [0, 0.05) is 28.4 Å². The molecule has 0 aliphatic carbocycles. The molecule has 1 aliphatic heterocycles. The quantitative estimate of drug-likeness (QED) is 0.562. The predicted molar refractivity (Wildman–Crippen MR) is 132 cm³/mol. The first-order valence-electron chi connectivity index (χ1n) is 10.7. The number of rotatable bonds is 6. The third-order valence-corrected chi connectivity index (χ3v) is 5.95. The summed E-state index contributed by atoms with van der Waals surface area (Å²) < 4.78 is 1.94. The van der Waals surface area contributed by atoms with Crippen molar-refractivity contribution in [3.63, 3.8) is 0 Å². The Morgan fingerprint density at radius 2 is 1.88 bits per heavy atom. The highest BCUT2D eigenvalue weighted by molar-refractivity contribution is 6.43. The lowest BCUT2D eigenvalue weighted by atomic mass is 9.56. The van der Waals surface area contributed by atoms with Crippen molar-refractivity contribution in [2.24, 2.45) is 5.92 Å². The van der Waals surface area contributed by atoms with Crippen molar-refractivity contribution in [2.45, 2.75) is 38.2 Å². The van der Waals surface area contributed by atoms with Crippen molar-refractivity contribution >= 4 is 45.1 Å². The van der Waals surface area contributed by atoms with E-state index >= 15 is 0 Å². The molecule has 164 valence electrons. The van der Waals surface area contributed by atoms with Crippen molar-refractivity contribution in [3.8, 4) is 5.69 Å². The number of anilines is 2. The van der Waals surface area contributed by atoms with Crippen LogP contribution in [0.4, 0.5) is 16.6 Å². The van der Waals surface area contributed by atoms with Crippen LogP contribution in [0.3, 0.4) is 0 Å². The zero-order chi connectivity index (χ0) is 23.0. The molecule has 3 aromatic rings. The second-order valence-electron chi connectivity index (χ2n) is 9.00. The van der Waals surface area contributed by atoms with Crippen LogP contribution in [-0.4, -0.2) is 52.6 Å². The average Bonchev–Trinajstić information content (AvgIpc) is 3.30. The lowest BCUT2D eigenvalue weighted by molar-refractivity contribution is 0.251. The number of carbonyl (C=O) groups is 1. The second-order valence-corrected chi connectivity index (χ2v) is 9.43. The number of hydrogen-bond donors (Lipinski definition) is 2. The van der Waals surface area contributed by atoms with Gasteiger partial charge in [-0.2, -0.15) is 4.98 Å². The first-order valence-corrected chi connectivity index (χ1v) is 11.0. The molecule has 0 bridgehead atoms. The Hall–Kier alpha value is -3.00. The number of carbonyl (C=O) groups excluding carboxylic acids is 1. The van der Waals surface area contributed by atoms with Gasteiger partial charge in [-0.3, -0.25) is 4.90 Å². The Balaban J connectivity index is 1.53. The first kappa shape index (κ1) is 22.2. The standard InChI is InChI=1S/C21H26B2ClN7O/c1-12(2)18-21(22,23)29-20(32)31(18)17-8-9-25-19(28-17)27-13(3)16-10-30(11-26-16)15-6-4-14(24)5-7-15/h4-13,18H,22-23H2,1-3H3,(H,29,32)(H,25,27,28)/t13-,18?/m0/s1. The summed E-state index contributed by atoms with van der Waals surface area (Å²) in [6, 6.07) is 9.03. The van der Waals surface area contributed by atoms with Crippen LogP contribution in [0.25, 0.3) is 5.69 Å². The topological polar surface area (TPSA) is 88.0 Å². The summed E-state index contributed by atoms with van der Waals surface area (Å²) >= 11 is 5.98. The van der Waals surface area contributed by atoms with E-state index in [1.807, 2.05) is 57.6 Å². The molecule has 0 saturated carbocycles. The molecular formula is C21H26B2ClN7O. The third kappa shape index (κ3) is 4.32. The molecule has 2 aromatic heterocycles. The molecule has 4 rings (SSSR count). The van der Waals surface area contributed by atoms with E-state index in [1.165, 1.54) is 0 Å². The minimum Gasteiger partial charge on any atom is -0.346 e. The average molecular weight is 450 g/mol. The van der Waals surface area contributed by atoms with Gasteiger partial charge in [-0.1, -0.05) is 25.4 Å². The molecule has 3 heterocycles. The fourth-order valence-corrected chi connectivity index (χ4v) is 4.50. The molecule has 2 amide bonds. The maximum absolute atomic E-state index is 12.7. The Morgan fingerprint density at radius 1 is 1.16 bits per heavy atom. The first-order chi connectivity index (χ1) is 15.2. The number of amides is 2. The highest BCUT2D eigenvalue weighted by Crippen LogP contribution is 2.30. The minimum absolute atomic E-state index is 0.0229. The van der Waals surface area contributed by atoms with Crippen molar-refractivity contribution < 1.29 is 4.79 Å². The van der Waals surface area contributed by atoms with Gasteiger partial charge in [0.1, 0.15) is 21.5 Å². The van der Waals surface area contributed by atoms with Gasteiger partial charge in [-0.25, -0.2) is 14.8 Å². The van der Waals surface area contributed by atoms with Crippen molar-refractivity contribution in [2.75, 3.05) is 10.2 Å². The highest BCUT2D eigenvalue weighted by Gasteiger charge is 2.47. The fourth-order valence-electron chi connectivity index (χ4n) is 4.37. The van der Waals surface area contributed by atoms with E-state index in [0.29, 0.717) is 16.8 Å². The summed E-state index contributed by atoms with van der Waals surface area (Å²) in [4.78, 5) is 28.0. The molecule has 2 atom stereocenters. The minimum atomic E-state index is -0.356. The predicted octanol–water partition coefficient (Wildman–Crippen LogP) is 1.96. The van der Waals surface area contributed by atoms with E-state index in [2.05, 4.69) is 39.4 Å². The number of aromatic nitrogens is 4. The monoisotopic (exact) mass is 449 g/mol. The van der Waals surface area contributed by atoms with Crippen LogP contribution in [0, 0.1) is 5.92 Å². The molecule has 1 aliphatic rings. The molecule has 1 saturated heterocycles. The molecule has 11 heteroatoms. The summed E-state index contributed by atoms with van der Waals surface area (Å²) in [5, 5.41) is 6.70. The lowest BCUT2D eigenvalue weighted by Gasteiger charge is -2.33. The molecule has 2 N–H and O–H groups in total. The van der Waals surface area contributed by atoms with Gasteiger partial charge < -0.3 is 15.2 Å². The second kappa shape index (κ2) is 8.50. The molecule has 1 unspecified atom stereocenters. The van der Waals surface area contributed by atoms with E-state index in [4.69, 9.17) is 11.6 Å². The normalized spacial score (nSPS) is 18.6. The number of imidazole rings is 1. The summed E-state index contributed by atoms with van der Waals surface area (Å²) in [5.74, 6) is 1.27. The Labute approximate surface area is 194 Å². The smallest absolute Gasteiger partial charge is 0.322 e. The molecule has 1 aromatic carbocycles. The van der Waals surface area contributed by atoms with Crippen LogP contribution in [0.5, 0.6) is 0 Å². The molecule has 0 spiro atoms. The van der Waals surface area contributed by atoms with Crippen molar-refractivity contribution in [1.29, 1.82) is 0 Å². The van der Waals surface area contributed by atoms with Crippen LogP contribution in [0.1, 0.15) is 32.5 Å². The van der Waals surface area contributed by atoms with Gasteiger partial charge in [-0.05, 0) is 43.2 Å². The fraction of sp³-hybridized carbons (Fsp3) is 0.333. The van der Waals surface area contributed by atoms with Gasteiger partial charge in [0.15, 0.2) is 0 Å². The summed E-state index contributed by atoms with van der Waals surface area (Å²) in [5.41, 5.74) is 1.81. The van der Waals surface area contributed by atoms with E-state index in [0.717, 1.165) is 11.4 Å². The van der Waals surface area contributed by atoms with Crippen molar-refractivity contribution in [3.05, 3.63) is 59.8 Å². The zero-order valence-corrected chi connectivity index (χ0v) is 19.6. The highest BCUT2D eigenvalue weighted by atomic mass is 35.5. The van der Waals surface area contributed by atoms with Crippen LogP contribution < -0.4 is 15.5 Å². The molecule has 1 fully saturated rings. The molecule has 32 heavy (non-hydrogen) atoms. The number of nitrogens with zero attached hydrogens (tertiary/aromatic N) is 5. The van der Waals surface area contributed by atoms with Gasteiger partial charge in [0.2, 0.25) is 5.95 Å². The Morgan fingerprint density at radius 3 is 2.56 bits per heavy atom. The Bertz CT molecular complexity index is 1120. The number of nitrogens with one attached hydrogen (secondary N) is 2. The van der Waals surface area contributed by atoms with E-state index < -0.39 is 0 Å². The van der Waals surface area contributed by atoms with Gasteiger partial charge in [0.05, 0.1) is 24.1 Å². The number of urea groups is 1. The number of halogens is 1. The van der Waals surface area contributed by atoms with Crippen LogP contribution in [0.2, 0.25) is 5.02 Å². The number of hydrogen-bond acceptors (Lipinski definition) is 5. The summed E-state index contributed by atoms with van der Waals surface area (Å²) in [6.45, 7) is 6.21. The maximum atomic E-state index is 12.7. The van der Waals surface area contributed by atoms with Crippen LogP contribution in [0.15, 0.2) is 49.1 Å². The van der Waals surface area contributed by atoms with E-state index in [-0.39, 0.29) is 29.4 Å². The van der Waals surface area contributed by atoms with E-state index in [9.17, 15) is 4.79 Å². The molecular weight excluding hydrogens is 423 g/mol. The summed E-state index contributed by atoms with van der Waals surface area (Å²) in [7, 11) is 4.07. The molecule has 8 nitrogen and oxygen atoms in total. The number of benzene rings is 1. The van der Waals surface area contributed by atoms with Gasteiger partial charge in [0.25, 0.3) is 0 Å². The maximum Gasteiger partial charge on any atom is 0.322 e. The molecule has 0 radical (unpaired) electrons. The largest absolute Gasteiger partial charge is 0.346 e. The van der Waals surface area contributed by atoms with Crippen LogP contribution in [-0.2, 0) is 0 Å². The lowest BCUT2D eigenvalue weighted by Crippen LogP contribution is -2.53. The van der Waals surface area contributed by atoms with Gasteiger partial charge >= 0.3 is 6.03 Å². The van der Waals surface area contributed by atoms with Gasteiger partial charge in [-0.15, -0.1) is 0 Å². The van der Waals surface area contributed by atoms with E-state index in [1.54, 1.807) is 23.5 Å². The SMILES string of the molecule is BC1(B)NC(=O)N(c2ccnc(N[C@@H](C)c3cn(-c4ccc(Cl)cc4)cn3)n2)C1C(C)C. The third-order valence-electron chi connectivity index (χ3n) is 5.70.